The van der Waals surface area contributed by atoms with Gasteiger partial charge in [0, 0.05) is 32.2 Å². The fourth-order valence-corrected chi connectivity index (χ4v) is 4.04. The molecule has 142 valence electrons. The first kappa shape index (κ1) is 18.0. The van der Waals surface area contributed by atoms with Crippen LogP contribution in [0.15, 0.2) is 35.0 Å². The summed E-state index contributed by atoms with van der Waals surface area (Å²) >= 11 is 1.29. The van der Waals surface area contributed by atoms with Crippen molar-refractivity contribution in [3.05, 3.63) is 42.0 Å². The van der Waals surface area contributed by atoms with Gasteiger partial charge in [-0.2, -0.15) is 0 Å². The minimum absolute atomic E-state index is 0.140. The molecule has 3 heterocycles. The average Bonchev–Trinajstić information content (AvgIpc) is 3.36. The van der Waals surface area contributed by atoms with E-state index in [-0.39, 0.29) is 17.2 Å². The Morgan fingerprint density at radius 2 is 2.15 bits per heavy atom. The number of hydrogen-bond donors (Lipinski definition) is 0. The van der Waals surface area contributed by atoms with Gasteiger partial charge in [-0.15, -0.1) is 0 Å². The van der Waals surface area contributed by atoms with Gasteiger partial charge in [-0.25, -0.2) is 9.37 Å². The zero-order valence-corrected chi connectivity index (χ0v) is 15.5. The monoisotopic (exact) mass is 390 g/mol. The van der Waals surface area contributed by atoms with E-state index in [2.05, 4.69) is 15.0 Å². The van der Waals surface area contributed by atoms with Crippen LogP contribution in [0.4, 0.5) is 9.52 Å². The Kier molecular flexibility index (Phi) is 5.42. The van der Waals surface area contributed by atoms with Crippen LogP contribution >= 0.6 is 11.3 Å². The van der Waals surface area contributed by atoms with Crippen molar-refractivity contribution in [2.24, 2.45) is 0 Å². The highest BCUT2D eigenvalue weighted by Gasteiger charge is 2.24. The van der Waals surface area contributed by atoms with E-state index in [9.17, 15) is 9.18 Å². The zero-order chi connectivity index (χ0) is 18.6. The number of aromatic nitrogens is 2. The number of halogens is 1. The standard InChI is InChI=1S/C18H19FN4O3S/c19-13-3-1-4-15-16(13)21-18(27-15)23(17(24)14-5-6-20-26-14)8-2-7-22-9-11-25-12-10-22/h1,3-6H,2,7-12H2. The Bertz CT molecular complexity index is 909. The van der Waals surface area contributed by atoms with Crippen molar-refractivity contribution in [1.29, 1.82) is 0 Å². The number of carbonyl (C=O) groups is 1. The summed E-state index contributed by atoms with van der Waals surface area (Å²) < 4.78 is 25.1. The van der Waals surface area contributed by atoms with Crippen molar-refractivity contribution in [3.8, 4) is 0 Å². The molecule has 0 saturated carbocycles. The summed E-state index contributed by atoms with van der Waals surface area (Å²) in [4.78, 5) is 21.1. The van der Waals surface area contributed by atoms with Crippen LogP contribution in [-0.2, 0) is 4.74 Å². The predicted octanol–water partition coefficient (Wildman–Crippen LogP) is 2.79. The first-order valence-electron chi connectivity index (χ1n) is 8.80. The number of anilines is 1. The van der Waals surface area contributed by atoms with Crippen LogP contribution in [0.25, 0.3) is 10.2 Å². The molecule has 27 heavy (non-hydrogen) atoms. The predicted molar refractivity (Wildman–Crippen MR) is 99.6 cm³/mol. The third-order valence-electron chi connectivity index (χ3n) is 4.44. The molecule has 2 aromatic heterocycles. The maximum Gasteiger partial charge on any atom is 0.298 e. The number of amides is 1. The molecule has 1 amide bonds. The summed E-state index contributed by atoms with van der Waals surface area (Å²) in [6.45, 7) is 4.56. The normalized spacial score (nSPS) is 15.3. The summed E-state index contributed by atoms with van der Waals surface area (Å²) in [5.41, 5.74) is 0.279. The summed E-state index contributed by atoms with van der Waals surface area (Å²) in [7, 11) is 0. The molecule has 1 aromatic carbocycles. The molecule has 0 bridgehead atoms. The van der Waals surface area contributed by atoms with Crippen molar-refractivity contribution < 1.29 is 18.4 Å². The molecular weight excluding hydrogens is 371 g/mol. The van der Waals surface area contributed by atoms with Crippen molar-refractivity contribution >= 4 is 32.6 Å². The number of para-hydroxylation sites is 1. The average molecular weight is 390 g/mol. The quantitative estimate of drug-likeness (QED) is 0.645. The molecule has 3 aromatic rings. The first-order valence-corrected chi connectivity index (χ1v) is 9.62. The van der Waals surface area contributed by atoms with Gasteiger partial charge in [-0.05, 0) is 18.6 Å². The lowest BCUT2D eigenvalue weighted by molar-refractivity contribution is 0.0376. The molecule has 1 saturated heterocycles. The van der Waals surface area contributed by atoms with Crippen LogP contribution in [0.3, 0.4) is 0 Å². The zero-order valence-electron chi connectivity index (χ0n) is 14.6. The van der Waals surface area contributed by atoms with E-state index in [1.54, 1.807) is 17.0 Å². The number of fused-ring (bicyclic) bond motifs is 1. The number of morpholine rings is 1. The molecule has 1 aliphatic heterocycles. The third-order valence-corrected chi connectivity index (χ3v) is 5.49. The first-order chi connectivity index (χ1) is 13.2. The van der Waals surface area contributed by atoms with Crippen LogP contribution in [0, 0.1) is 5.82 Å². The Hall–Kier alpha value is -2.36. The molecule has 4 rings (SSSR count). The Morgan fingerprint density at radius 3 is 2.89 bits per heavy atom. The van der Waals surface area contributed by atoms with Crippen LogP contribution in [0.2, 0.25) is 0 Å². The third kappa shape index (κ3) is 4.00. The Labute approximate surface area is 159 Å². The summed E-state index contributed by atoms with van der Waals surface area (Å²) in [6.07, 6.45) is 2.19. The second-order valence-corrected chi connectivity index (χ2v) is 7.23. The van der Waals surface area contributed by atoms with Crippen LogP contribution < -0.4 is 4.90 Å². The molecule has 7 nitrogen and oxygen atoms in total. The highest BCUT2D eigenvalue weighted by molar-refractivity contribution is 7.22. The molecular formula is C18H19FN4O3S. The molecule has 9 heteroatoms. The molecule has 1 aliphatic rings. The van der Waals surface area contributed by atoms with Crippen molar-refractivity contribution in [2.45, 2.75) is 6.42 Å². The largest absolute Gasteiger partial charge is 0.379 e. The SMILES string of the molecule is O=C(c1ccno1)N(CCCN1CCOCC1)c1nc2c(F)cccc2s1. The summed E-state index contributed by atoms with van der Waals surface area (Å²) in [5.74, 6) is -0.578. The van der Waals surface area contributed by atoms with Gasteiger partial charge in [0.1, 0.15) is 11.3 Å². The van der Waals surface area contributed by atoms with E-state index in [0.717, 1.165) is 39.3 Å². The molecule has 0 radical (unpaired) electrons. The lowest BCUT2D eigenvalue weighted by Crippen LogP contribution is -2.39. The number of benzene rings is 1. The van der Waals surface area contributed by atoms with E-state index in [1.165, 1.54) is 29.7 Å². The highest BCUT2D eigenvalue weighted by Crippen LogP contribution is 2.31. The van der Waals surface area contributed by atoms with Crippen molar-refractivity contribution in [2.75, 3.05) is 44.3 Å². The lowest BCUT2D eigenvalue weighted by atomic mass is 10.3. The van der Waals surface area contributed by atoms with Gasteiger partial charge in [-0.1, -0.05) is 22.6 Å². The van der Waals surface area contributed by atoms with Gasteiger partial charge >= 0.3 is 0 Å². The Balaban J connectivity index is 1.55. The number of ether oxygens (including phenoxy) is 1. The van der Waals surface area contributed by atoms with Crippen LogP contribution in [-0.4, -0.2) is 60.3 Å². The number of carbonyl (C=O) groups excluding carboxylic acids is 1. The van der Waals surface area contributed by atoms with Gasteiger partial charge in [0.15, 0.2) is 5.13 Å². The second kappa shape index (κ2) is 8.12. The number of rotatable bonds is 6. The maximum atomic E-state index is 14.0. The fraction of sp³-hybridized carbons (Fsp3) is 0.389. The fourth-order valence-electron chi connectivity index (χ4n) is 3.04. The van der Waals surface area contributed by atoms with E-state index in [1.807, 2.05) is 0 Å². The van der Waals surface area contributed by atoms with Gasteiger partial charge in [0.25, 0.3) is 5.91 Å². The van der Waals surface area contributed by atoms with Crippen molar-refractivity contribution in [1.82, 2.24) is 15.0 Å². The van der Waals surface area contributed by atoms with Crippen LogP contribution in [0.1, 0.15) is 17.0 Å². The summed E-state index contributed by atoms with van der Waals surface area (Å²) in [5, 5.41) is 4.07. The van der Waals surface area contributed by atoms with Gasteiger partial charge in [0.2, 0.25) is 5.76 Å². The van der Waals surface area contributed by atoms with E-state index >= 15 is 0 Å². The van der Waals surface area contributed by atoms with Gasteiger partial charge < -0.3 is 9.26 Å². The molecule has 0 N–H and O–H groups in total. The second-order valence-electron chi connectivity index (χ2n) is 6.22. The topological polar surface area (TPSA) is 71.7 Å². The molecule has 0 atom stereocenters. The van der Waals surface area contributed by atoms with E-state index in [0.29, 0.717) is 16.4 Å². The van der Waals surface area contributed by atoms with Crippen LogP contribution in [0.5, 0.6) is 0 Å². The lowest BCUT2D eigenvalue weighted by Gasteiger charge is -2.27. The van der Waals surface area contributed by atoms with Crippen molar-refractivity contribution in [3.63, 3.8) is 0 Å². The van der Waals surface area contributed by atoms with E-state index in [4.69, 9.17) is 9.26 Å². The smallest absolute Gasteiger partial charge is 0.298 e. The molecule has 1 fully saturated rings. The number of nitrogens with zero attached hydrogens (tertiary/aromatic N) is 4. The summed E-state index contributed by atoms with van der Waals surface area (Å²) in [6, 6.07) is 6.32. The number of thiazole rings is 1. The minimum Gasteiger partial charge on any atom is -0.379 e. The molecule has 0 spiro atoms. The Morgan fingerprint density at radius 1 is 1.30 bits per heavy atom. The van der Waals surface area contributed by atoms with E-state index < -0.39 is 5.82 Å². The highest BCUT2D eigenvalue weighted by atomic mass is 32.1. The molecule has 0 aliphatic carbocycles. The maximum absolute atomic E-state index is 14.0. The molecule has 0 unspecified atom stereocenters. The minimum atomic E-state index is -0.393. The van der Waals surface area contributed by atoms with Gasteiger partial charge in [0.05, 0.1) is 24.1 Å². The van der Waals surface area contributed by atoms with Gasteiger partial charge in [-0.3, -0.25) is 14.6 Å². The number of hydrogen-bond acceptors (Lipinski definition) is 7.